The normalized spacial score (nSPS) is 14.9. The molecule has 1 N–H and O–H groups in total. The van der Waals surface area contributed by atoms with Crippen molar-refractivity contribution in [2.45, 2.75) is 13.8 Å². The Labute approximate surface area is 164 Å². The number of anilines is 1. The lowest BCUT2D eigenvalue weighted by Gasteiger charge is -2.34. The number of hydrogen-bond donors (Lipinski definition) is 1. The number of halogens is 1. The predicted molar refractivity (Wildman–Crippen MR) is 108 cm³/mol. The third-order valence-corrected chi connectivity index (χ3v) is 5.21. The lowest BCUT2D eigenvalue weighted by molar-refractivity contribution is -0.117. The van der Waals surface area contributed by atoms with Gasteiger partial charge in [0.1, 0.15) is 0 Å². The van der Waals surface area contributed by atoms with Gasteiger partial charge in [0.2, 0.25) is 5.91 Å². The molecule has 1 aliphatic rings. The Balaban J connectivity index is 1.53. The number of aryl methyl sites for hydroxylation is 2. The van der Waals surface area contributed by atoms with Crippen LogP contribution in [-0.2, 0) is 4.79 Å². The molecule has 1 fully saturated rings. The van der Waals surface area contributed by atoms with Crippen LogP contribution in [0.1, 0.15) is 21.5 Å². The van der Waals surface area contributed by atoms with Crippen LogP contribution in [0.3, 0.4) is 0 Å². The summed E-state index contributed by atoms with van der Waals surface area (Å²) in [5.74, 6) is -0.0847. The first-order chi connectivity index (χ1) is 13.0. The van der Waals surface area contributed by atoms with Crippen LogP contribution in [0.5, 0.6) is 0 Å². The zero-order valence-electron chi connectivity index (χ0n) is 15.7. The Morgan fingerprint density at radius 2 is 1.59 bits per heavy atom. The molecule has 142 valence electrons. The molecular weight excluding hydrogens is 362 g/mol. The van der Waals surface area contributed by atoms with Crippen molar-refractivity contribution in [3.8, 4) is 0 Å². The summed E-state index contributed by atoms with van der Waals surface area (Å²) in [4.78, 5) is 28.9. The number of hydrogen-bond acceptors (Lipinski definition) is 3. The quantitative estimate of drug-likeness (QED) is 0.878. The maximum absolute atomic E-state index is 12.6. The van der Waals surface area contributed by atoms with Gasteiger partial charge < -0.3 is 10.2 Å². The lowest BCUT2D eigenvalue weighted by Crippen LogP contribution is -2.50. The first-order valence-corrected chi connectivity index (χ1v) is 9.45. The van der Waals surface area contributed by atoms with Crippen molar-refractivity contribution in [1.29, 1.82) is 0 Å². The van der Waals surface area contributed by atoms with E-state index in [1.165, 1.54) is 0 Å². The Hall–Kier alpha value is -2.37. The summed E-state index contributed by atoms with van der Waals surface area (Å²) in [7, 11) is 0. The van der Waals surface area contributed by atoms with Gasteiger partial charge in [-0.1, -0.05) is 41.9 Å². The third kappa shape index (κ3) is 4.67. The van der Waals surface area contributed by atoms with Gasteiger partial charge in [-0.2, -0.15) is 0 Å². The average Bonchev–Trinajstić information content (AvgIpc) is 2.65. The summed E-state index contributed by atoms with van der Waals surface area (Å²) in [6, 6.07) is 13.1. The number of carbonyl (C=O) groups is 2. The van der Waals surface area contributed by atoms with Gasteiger partial charge >= 0.3 is 0 Å². The summed E-state index contributed by atoms with van der Waals surface area (Å²) in [5.41, 5.74) is 3.52. The number of amides is 2. The van der Waals surface area contributed by atoms with Crippen LogP contribution >= 0.6 is 11.6 Å². The van der Waals surface area contributed by atoms with Gasteiger partial charge in [-0.25, -0.2) is 0 Å². The maximum atomic E-state index is 12.6. The van der Waals surface area contributed by atoms with Crippen LogP contribution < -0.4 is 5.32 Å². The molecule has 2 amide bonds. The number of nitrogens with one attached hydrogen (secondary N) is 1. The van der Waals surface area contributed by atoms with E-state index >= 15 is 0 Å². The van der Waals surface area contributed by atoms with Crippen LogP contribution in [0.15, 0.2) is 42.5 Å². The van der Waals surface area contributed by atoms with E-state index in [-0.39, 0.29) is 11.8 Å². The largest absolute Gasteiger partial charge is 0.336 e. The van der Waals surface area contributed by atoms with Crippen molar-refractivity contribution in [2.75, 3.05) is 38.0 Å². The second-order valence-electron chi connectivity index (χ2n) is 6.86. The highest BCUT2D eigenvalue weighted by atomic mass is 35.5. The van der Waals surface area contributed by atoms with E-state index in [9.17, 15) is 9.59 Å². The Kier molecular flexibility index (Phi) is 6.14. The highest BCUT2D eigenvalue weighted by Crippen LogP contribution is 2.20. The molecule has 0 radical (unpaired) electrons. The summed E-state index contributed by atoms with van der Waals surface area (Å²) >= 11 is 6.13. The Morgan fingerprint density at radius 3 is 2.22 bits per heavy atom. The van der Waals surface area contributed by atoms with Crippen molar-refractivity contribution in [1.82, 2.24) is 9.80 Å². The van der Waals surface area contributed by atoms with E-state index in [4.69, 9.17) is 11.6 Å². The molecule has 0 spiro atoms. The second-order valence-corrected chi connectivity index (χ2v) is 7.27. The van der Waals surface area contributed by atoms with Gasteiger partial charge in [-0.15, -0.1) is 0 Å². The van der Waals surface area contributed by atoms with Crippen molar-refractivity contribution in [2.24, 2.45) is 0 Å². The molecule has 6 heteroatoms. The summed E-state index contributed by atoms with van der Waals surface area (Å²) in [5, 5.41) is 3.48. The second kappa shape index (κ2) is 8.55. The standard InChI is InChI=1S/C21H24ClN3O2/c1-15-6-5-7-16(2)20(15)23-19(26)14-24-10-12-25(13-11-24)21(27)17-8-3-4-9-18(17)22/h3-9H,10-14H2,1-2H3,(H,23,26). The van der Waals surface area contributed by atoms with Gasteiger partial charge in [0, 0.05) is 31.9 Å². The minimum atomic E-state index is -0.0553. The van der Waals surface area contributed by atoms with Crippen LogP contribution in [-0.4, -0.2) is 54.3 Å². The molecule has 0 unspecified atom stereocenters. The molecule has 0 aromatic heterocycles. The molecule has 0 aliphatic carbocycles. The van der Waals surface area contributed by atoms with Crippen LogP contribution in [0, 0.1) is 13.8 Å². The zero-order valence-corrected chi connectivity index (χ0v) is 16.4. The van der Waals surface area contributed by atoms with Crippen molar-refractivity contribution in [3.05, 3.63) is 64.2 Å². The SMILES string of the molecule is Cc1cccc(C)c1NC(=O)CN1CCN(C(=O)c2ccccc2Cl)CC1. The third-order valence-electron chi connectivity index (χ3n) is 4.88. The number of para-hydroxylation sites is 1. The van der Waals surface area contributed by atoms with E-state index in [1.54, 1.807) is 17.0 Å². The molecule has 0 atom stereocenters. The minimum absolute atomic E-state index is 0.0294. The number of benzene rings is 2. The highest BCUT2D eigenvalue weighted by Gasteiger charge is 2.24. The average molecular weight is 386 g/mol. The molecule has 27 heavy (non-hydrogen) atoms. The molecule has 1 aliphatic heterocycles. The molecule has 2 aromatic carbocycles. The zero-order chi connectivity index (χ0) is 19.4. The summed E-state index contributed by atoms with van der Waals surface area (Å²) < 4.78 is 0. The molecule has 0 saturated carbocycles. The molecular formula is C21H24ClN3O2. The van der Waals surface area contributed by atoms with E-state index in [0.29, 0.717) is 43.3 Å². The number of rotatable bonds is 4. The first-order valence-electron chi connectivity index (χ1n) is 9.08. The topological polar surface area (TPSA) is 52.7 Å². The van der Waals surface area contributed by atoms with E-state index in [0.717, 1.165) is 16.8 Å². The van der Waals surface area contributed by atoms with Gasteiger partial charge in [-0.3, -0.25) is 14.5 Å². The van der Waals surface area contributed by atoms with E-state index in [1.807, 2.05) is 44.2 Å². The lowest BCUT2D eigenvalue weighted by atomic mass is 10.1. The van der Waals surface area contributed by atoms with Gasteiger partial charge in [0.05, 0.1) is 17.1 Å². The fraction of sp³-hybridized carbons (Fsp3) is 0.333. The fourth-order valence-electron chi connectivity index (χ4n) is 3.31. The Bertz CT molecular complexity index is 825. The molecule has 1 saturated heterocycles. The van der Waals surface area contributed by atoms with Gasteiger partial charge in [0.25, 0.3) is 5.91 Å². The summed E-state index contributed by atoms with van der Waals surface area (Å²) in [6.07, 6.45) is 0. The van der Waals surface area contributed by atoms with Crippen molar-refractivity contribution < 1.29 is 9.59 Å². The molecule has 0 bridgehead atoms. The van der Waals surface area contributed by atoms with Crippen LogP contribution in [0.2, 0.25) is 5.02 Å². The maximum Gasteiger partial charge on any atom is 0.255 e. The van der Waals surface area contributed by atoms with Crippen LogP contribution in [0.4, 0.5) is 5.69 Å². The number of nitrogens with zero attached hydrogens (tertiary/aromatic N) is 2. The number of carbonyl (C=O) groups excluding carboxylic acids is 2. The monoisotopic (exact) mass is 385 g/mol. The van der Waals surface area contributed by atoms with Gasteiger partial charge in [0.15, 0.2) is 0 Å². The molecule has 5 nitrogen and oxygen atoms in total. The van der Waals surface area contributed by atoms with Crippen molar-refractivity contribution in [3.63, 3.8) is 0 Å². The molecule has 1 heterocycles. The van der Waals surface area contributed by atoms with Crippen LogP contribution in [0.25, 0.3) is 0 Å². The molecule has 3 rings (SSSR count). The van der Waals surface area contributed by atoms with Crippen molar-refractivity contribution >= 4 is 29.1 Å². The van der Waals surface area contributed by atoms with E-state index in [2.05, 4.69) is 10.2 Å². The smallest absolute Gasteiger partial charge is 0.255 e. The predicted octanol–water partition coefficient (Wildman–Crippen LogP) is 3.35. The Morgan fingerprint density at radius 1 is 0.963 bits per heavy atom. The summed E-state index contributed by atoms with van der Waals surface area (Å²) in [6.45, 7) is 6.79. The first kappa shape index (κ1) is 19.4. The van der Waals surface area contributed by atoms with Gasteiger partial charge in [-0.05, 0) is 37.1 Å². The minimum Gasteiger partial charge on any atom is -0.336 e. The fourth-order valence-corrected chi connectivity index (χ4v) is 3.52. The molecule has 2 aromatic rings. The highest BCUT2D eigenvalue weighted by molar-refractivity contribution is 6.33. The number of piperazine rings is 1. The van der Waals surface area contributed by atoms with E-state index < -0.39 is 0 Å².